The van der Waals surface area contributed by atoms with E-state index in [-0.39, 0.29) is 30.1 Å². The summed E-state index contributed by atoms with van der Waals surface area (Å²) in [4.78, 5) is 34.9. The van der Waals surface area contributed by atoms with Crippen molar-refractivity contribution in [1.29, 1.82) is 0 Å². The summed E-state index contributed by atoms with van der Waals surface area (Å²) < 4.78 is 1.20. The molecule has 7 heteroatoms. The highest BCUT2D eigenvalue weighted by Gasteiger charge is 2.14. The maximum atomic E-state index is 12.1. The number of nitrogens with zero attached hydrogens (tertiary/aromatic N) is 2. The summed E-state index contributed by atoms with van der Waals surface area (Å²) in [5.41, 5.74) is 2.61. The van der Waals surface area contributed by atoms with Crippen molar-refractivity contribution >= 4 is 11.9 Å². The van der Waals surface area contributed by atoms with Crippen LogP contribution in [0.15, 0.2) is 35.1 Å². The monoisotopic (exact) mass is 341 g/mol. The van der Waals surface area contributed by atoms with Gasteiger partial charge in [0, 0.05) is 12.6 Å². The molecule has 1 aliphatic rings. The topological polar surface area (TPSA) is 101 Å². The lowest BCUT2D eigenvalue weighted by Crippen LogP contribution is -2.34. The molecule has 130 valence electrons. The van der Waals surface area contributed by atoms with Crippen LogP contribution in [0.1, 0.15) is 40.0 Å². The quantitative estimate of drug-likeness (QED) is 0.849. The summed E-state index contributed by atoms with van der Waals surface area (Å²) in [6.07, 6.45) is 3.83. The zero-order chi connectivity index (χ0) is 17.8. The molecule has 0 radical (unpaired) electrons. The van der Waals surface area contributed by atoms with Gasteiger partial charge in [0.1, 0.15) is 6.54 Å². The molecule has 0 spiro atoms. The second-order valence-electron chi connectivity index (χ2n) is 6.10. The van der Waals surface area contributed by atoms with E-state index in [0.717, 1.165) is 42.5 Å². The van der Waals surface area contributed by atoms with Crippen LogP contribution in [0, 0.1) is 0 Å². The Hall–Kier alpha value is -2.96. The first-order valence-electron chi connectivity index (χ1n) is 8.22. The van der Waals surface area contributed by atoms with Gasteiger partial charge in [-0.3, -0.25) is 9.59 Å². The Bertz CT molecular complexity index is 856. The molecule has 7 nitrogen and oxygen atoms in total. The van der Waals surface area contributed by atoms with Crippen molar-refractivity contribution in [3.8, 4) is 0 Å². The van der Waals surface area contributed by atoms with E-state index >= 15 is 0 Å². The average molecular weight is 341 g/mol. The Morgan fingerprint density at radius 1 is 1.16 bits per heavy atom. The number of aromatic nitrogens is 2. The number of fused-ring (bicyclic) bond motifs is 1. The molecule has 1 aromatic heterocycles. The molecule has 0 saturated heterocycles. The molecule has 2 N–H and O–H groups in total. The number of aromatic carboxylic acids is 1. The molecular formula is C18H19N3O4. The van der Waals surface area contributed by atoms with Gasteiger partial charge in [-0.2, -0.15) is 5.10 Å². The highest BCUT2D eigenvalue weighted by Crippen LogP contribution is 2.16. The van der Waals surface area contributed by atoms with Gasteiger partial charge < -0.3 is 10.4 Å². The van der Waals surface area contributed by atoms with Gasteiger partial charge in [-0.15, -0.1) is 0 Å². The Morgan fingerprint density at radius 3 is 2.60 bits per heavy atom. The Balaban J connectivity index is 1.61. The summed E-state index contributed by atoms with van der Waals surface area (Å²) in [7, 11) is 0. The van der Waals surface area contributed by atoms with Gasteiger partial charge in [0.25, 0.3) is 5.56 Å². The summed E-state index contributed by atoms with van der Waals surface area (Å²) in [5.74, 6) is -1.30. The van der Waals surface area contributed by atoms with Crippen LogP contribution in [0.5, 0.6) is 0 Å². The van der Waals surface area contributed by atoms with Gasteiger partial charge in [-0.1, -0.05) is 12.1 Å². The maximum absolute atomic E-state index is 12.1. The molecule has 0 saturated carbocycles. The SMILES string of the molecule is O=C(Cn1nc2c(cc1=O)CCCC2)NCc1ccc(C(=O)O)cc1. The van der Waals surface area contributed by atoms with Crippen LogP contribution in [0.3, 0.4) is 0 Å². The summed E-state index contributed by atoms with van der Waals surface area (Å²) in [6.45, 7) is 0.137. The minimum Gasteiger partial charge on any atom is -0.478 e. The molecule has 3 rings (SSSR count). The summed E-state index contributed by atoms with van der Waals surface area (Å²) in [6, 6.07) is 7.85. The molecule has 1 heterocycles. The van der Waals surface area contributed by atoms with E-state index in [1.54, 1.807) is 18.2 Å². The average Bonchev–Trinajstić information content (AvgIpc) is 2.61. The third-order valence-corrected chi connectivity index (χ3v) is 4.26. The number of aryl methyl sites for hydroxylation is 2. The van der Waals surface area contributed by atoms with Gasteiger partial charge in [0.05, 0.1) is 11.3 Å². The number of carbonyl (C=O) groups excluding carboxylic acids is 1. The van der Waals surface area contributed by atoms with Crippen LogP contribution in [-0.2, 0) is 30.7 Å². The molecular weight excluding hydrogens is 322 g/mol. The van der Waals surface area contributed by atoms with E-state index in [4.69, 9.17) is 5.11 Å². The number of rotatable bonds is 5. The van der Waals surface area contributed by atoms with Gasteiger partial charge >= 0.3 is 5.97 Å². The molecule has 0 bridgehead atoms. The van der Waals surface area contributed by atoms with Crippen molar-refractivity contribution in [2.75, 3.05) is 0 Å². The number of carboxylic acid groups (broad SMARTS) is 1. The zero-order valence-electron chi connectivity index (χ0n) is 13.7. The van der Waals surface area contributed by atoms with Crippen LogP contribution in [0.25, 0.3) is 0 Å². The second kappa shape index (κ2) is 7.29. The van der Waals surface area contributed by atoms with Gasteiger partial charge in [0.2, 0.25) is 5.91 Å². The van der Waals surface area contributed by atoms with Crippen molar-refractivity contribution in [1.82, 2.24) is 15.1 Å². The lowest BCUT2D eigenvalue weighted by Gasteiger charge is -2.15. The first kappa shape index (κ1) is 16.9. The largest absolute Gasteiger partial charge is 0.478 e. The van der Waals surface area contributed by atoms with Gasteiger partial charge in [-0.25, -0.2) is 9.48 Å². The van der Waals surface area contributed by atoms with Crippen molar-refractivity contribution in [3.63, 3.8) is 0 Å². The minimum atomic E-state index is -0.992. The van der Waals surface area contributed by atoms with E-state index < -0.39 is 5.97 Å². The van der Waals surface area contributed by atoms with Crippen LogP contribution in [0.2, 0.25) is 0 Å². The summed E-state index contributed by atoms with van der Waals surface area (Å²) >= 11 is 0. The molecule has 0 fully saturated rings. The number of amides is 1. The fourth-order valence-corrected chi connectivity index (χ4v) is 2.87. The number of benzene rings is 1. The van der Waals surface area contributed by atoms with E-state index in [9.17, 15) is 14.4 Å². The highest BCUT2D eigenvalue weighted by molar-refractivity contribution is 5.87. The van der Waals surface area contributed by atoms with E-state index in [1.165, 1.54) is 16.8 Å². The van der Waals surface area contributed by atoms with Crippen LogP contribution in [-0.4, -0.2) is 26.8 Å². The Morgan fingerprint density at radius 2 is 1.88 bits per heavy atom. The van der Waals surface area contributed by atoms with Crippen LogP contribution >= 0.6 is 0 Å². The lowest BCUT2D eigenvalue weighted by atomic mass is 9.97. The Labute approximate surface area is 144 Å². The third kappa shape index (κ3) is 4.12. The first-order chi connectivity index (χ1) is 12.0. The third-order valence-electron chi connectivity index (χ3n) is 4.26. The minimum absolute atomic E-state index is 0.126. The van der Waals surface area contributed by atoms with Gasteiger partial charge in [0.15, 0.2) is 0 Å². The maximum Gasteiger partial charge on any atom is 0.335 e. The molecule has 1 amide bonds. The van der Waals surface area contributed by atoms with Crippen LogP contribution in [0.4, 0.5) is 0 Å². The molecule has 2 aromatic rings. The molecule has 0 atom stereocenters. The van der Waals surface area contributed by atoms with Gasteiger partial charge in [-0.05, 0) is 48.9 Å². The standard InChI is InChI=1S/C18H19N3O4/c22-16(19-10-12-5-7-13(8-6-12)18(24)25)11-21-17(23)9-14-3-1-2-4-15(14)20-21/h5-9H,1-4,10-11H2,(H,19,22)(H,24,25). The lowest BCUT2D eigenvalue weighted by molar-refractivity contribution is -0.122. The number of carbonyl (C=O) groups is 2. The van der Waals surface area contributed by atoms with Crippen molar-refractivity contribution < 1.29 is 14.7 Å². The first-order valence-corrected chi connectivity index (χ1v) is 8.22. The summed E-state index contributed by atoms with van der Waals surface area (Å²) in [5, 5.41) is 15.9. The molecule has 25 heavy (non-hydrogen) atoms. The molecule has 0 unspecified atom stereocenters. The molecule has 0 aliphatic heterocycles. The normalized spacial score (nSPS) is 13.1. The predicted octanol–water partition coefficient (Wildman–Crippen LogP) is 1.14. The number of nitrogens with one attached hydrogen (secondary N) is 1. The number of hydrogen-bond acceptors (Lipinski definition) is 4. The molecule has 1 aliphatic carbocycles. The zero-order valence-corrected chi connectivity index (χ0v) is 13.7. The predicted molar refractivity (Wildman–Crippen MR) is 90.4 cm³/mol. The number of carboxylic acids is 1. The van der Waals surface area contributed by atoms with E-state index in [2.05, 4.69) is 10.4 Å². The fourth-order valence-electron chi connectivity index (χ4n) is 2.87. The Kier molecular flexibility index (Phi) is 4.92. The molecule has 1 aromatic carbocycles. The second-order valence-corrected chi connectivity index (χ2v) is 6.10. The van der Waals surface area contributed by atoms with E-state index in [1.807, 2.05) is 0 Å². The van der Waals surface area contributed by atoms with Crippen molar-refractivity contribution in [3.05, 3.63) is 63.1 Å². The number of hydrogen-bond donors (Lipinski definition) is 2. The van der Waals surface area contributed by atoms with Crippen molar-refractivity contribution in [2.24, 2.45) is 0 Å². The van der Waals surface area contributed by atoms with E-state index in [0.29, 0.717) is 0 Å². The smallest absolute Gasteiger partial charge is 0.335 e. The fraction of sp³-hybridized carbons (Fsp3) is 0.333. The van der Waals surface area contributed by atoms with Crippen LogP contribution < -0.4 is 10.9 Å². The van der Waals surface area contributed by atoms with Crippen molar-refractivity contribution in [2.45, 2.75) is 38.8 Å². The highest BCUT2D eigenvalue weighted by atomic mass is 16.4.